The van der Waals surface area contributed by atoms with Crippen molar-refractivity contribution < 1.29 is 9.84 Å². The van der Waals surface area contributed by atoms with Crippen molar-refractivity contribution in [3.8, 4) is 5.75 Å². The summed E-state index contributed by atoms with van der Waals surface area (Å²) in [5.41, 5.74) is 1.68. The highest BCUT2D eigenvalue weighted by molar-refractivity contribution is 9.10. The van der Waals surface area contributed by atoms with Gasteiger partial charge in [0.1, 0.15) is 11.9 Å². The van der Waals surface area contributed by atoms with E-state index in [1.807, 2.05) is 49.4 Å². The van der Waals surface area contributed by atoms with E-state index in [1.54, 1.807) is 0 Å². The molecule has 0 amide bonds. The Morgan fingerprint density at radius 3 is 2.47 bits per heavy atom. The van der Waals surface area contributed by atoms with Crippen LogP contribution in [0.5, 0.6) is 5.75 Å². The van der Waals surface area contributed by atoms with Crippen LogP contribution in [0.3, 0.4) is 0 Å². The number of benzene rings is 2. The van der Waals surface area contributed by atoms with Crippen molar-refractivity contribution in [2.45, 2.75) is 13.0 Å². The summed E-state index contributed by atoms with van der Waals surface area (Å²) in [5, 5.41) is 10.4. The second-order valence-electron chi connectivity index (χ2n) is 4.08. The molecule has 4 heteroatoms. The Morgan fingerprint density at radius 1 is 1.11 bits per heavy atom. The third kappa shape index (κ3) is 3.59. The van der Waals surface area contributed by atoms with Crippen molar-refractivity contribution in [3.63, 3.8) is 0 Å². The monoisotopic (exact) mass is 384 g/mol. The van der Waals surface area contributed by atoms with Crippen LogP contribution in [-0.4, -0.2) is 11.7 Å². The van der Waals surface area contributed by atoms with Crippen LogP contribution in [0.1, 0.15) is 24.2 Å². The molecule has 2 aromatic carbocycles. The van der Waals surface area contributed by atoms with E-state index in [-0.39, 0.29) is 0 Å². The van der Waals surface area contributed by atoms with Crippen molar-refractivity contribution >= 4 is 31.9 Å². The Kier molecular flexibility index (Phi) is 5.02. The molecule has 0 aliphatic heterocycles. The van der Waals surface area contributed by atoms with Crippen LogP contribution < -0.4 is 4.74 Å². The quantitative estimate of drug-likeness (QED) is 0.826. The van der Waals surface area contributed by atoms with E-state index < -0.39 is 6.10 Å². The smallest absolute Gasteiger partial charge is 0.133 e. The maximum absolute atomic E-state index is 10.4. The fourth-order valence-electron chi connectivity index (χ4n) is 1.83. The van der Waals surface area contributed by atoms with E-state index in [0.29, 0.717) is 6.61 Å². The Balaban J connectivity index is 2.29. The van der Waals surface area contributed by atoms with Crippen LogP contribution >= 0.6 is 31.9 Å². The molecule has 0 heterocycles. The van der Waals surface area contributed by atoms with Crippen molar-refractivity contribution in [1.29, 1.82) is 0 Å². The molecule has 0 radical (unpaired) electrons. The molecule has 100 valence electrons. The lowest BCUT2D eigenvalue weighted by atomic mass is 10.0. The molecule has 0 spiro atoms. The lowest BCUT2D eigenvalue weighted by Gasteiger charge is -2.14. The van der Waals surface area contributed by atoms with Crippen LogP contribution in [0.4, 0.5) is 0 Å². The van der Waals surface area contributed by atoms with E-state index in [2.05, 4.69) is 31.9 Å². The molecular formula is C15H14Br2O2. The zero-order valence-corrected chi connectivity index (χ0v) is 13.6. The lowest BCUT2D eigenvalue weighted by Crippen LogP contribution is -2.00. The second kappa shape index (κ2) is 6.55. The zero-order chi connectivity index (χ0) is 13.8. The Hall–Kier alpha value is -0.840. The molecule has 0 aliphatic carbocycles. The van der Waals surface area contributed by atoms with Gasteiger partial charge in [-0.3, -0.25) is 0 Å². The van der Waals surface area contributed by atoms with Gasteiger partial charge in [0.2, 0.25) is 0 Å². The summed E-state index contributed by atoms with van der Waals surface area (Å²) >= 11 is 6.87. The highest BCUT2D eigenvalue weighted by Gasteiger charge is 2.12. The molecule has 0 saturated carbocycles. The molecule has 2 nitrogen and oxygen atoms in total. The molecule has 1 unspecified atom stereocenters. The SMILES string of the molecule is CCOc1ccc(C(O)c2cccc(Br)c2)cc1Br. The first-order chi connectivity index (χ1) is 9.11. The minimum atomic E-state index is -0.649. The van der Waals surface area contributed by atoms with Gasteiger partial charge in [0.25, 0.3) is 0 Å². The molecule has 0 saturated heterocycles. The predicted octanol–water partition coefficient (Wildman–Crippen LogP) is 4.69. The van der Waals surface area contributed by atoms with Crippen molar-refractivity contribution in [2.75, 3.05) is 6.61 Å². The van der Waals surface area contributed by atoms with E-state index in [1.165, 1.54) is 0 Å². The number of hydrogen-bond acceptors (Lipinski definition) is 2. The van der Waals surface area contributed by atoms with Crippen molar-refractivity contribution in [2.24, 2.45) is 0 Å². The topological polar surface area (TPSA) is 29.5 Å². The van der Waals surface area contributed by atoms with Gasteiger partial charge in [-0.25, -0.2) is 0 Å². The van der Waals surface area contributed by atoms with Gasteiger partial charge in [-0.1, -0.05) is 34.1 Å². The van der Waals surface area contributed by atoms with E-state index in [0.717, 1.165) is 25.8 Å². The van der Waals surface area contributed by atoms with Crippen LogP contribution in [0.15, 0.2) is 51.4 Å². The first-order valence-corrected chi connectivity index (χ1v) is 7.56. The molecule has 2 rings (SSSR count). The maximum atomic E-state index is 10.4. The summed E-state index contributed by atoms with van der Waals surface area (Å²) in [7, 11) is 0. The van der Waals surface area contributed by atoms with Crippen LogP contribution in [0.2, 0.25) is 0 Å². The van der Waals surface area contributed by atoms with Crippen LogP contribution in [0.25, 0.3) is 0 Å². The Labute approximate surface area is 129 Å². The minimum absolute atomic E-state index is 0.617. The first kappa shape index (κ1) is 14.6. The van der Waals surface area contributed by atoms with E-state index in [4.69, 9.17) is 4.74 Å². The molecule has 1 N–H and O–H groups in total. The average molecular weight is 386 g/mol. The fraction of sp³-hybridized carbons (Fsp3) is 0.200. The Morgan fingerprint density at radius 2 is 1.84 bits per heavy atom. The van der Waals surface area contributed by atoms with Crippen molar-refractivity contribution in [1.82, 2.24) is 0 Å². The maximum Gasteiger partial charge on any atom is 0.133 e. The van der Waals surface area contributed by atoms with Crippen molar-refractivity contribution in [3.05, 3.63) is 62.5 Å². The summed E-state index contributed by atoms with van der Waals surface area (Å²) in [4.78, 5) is 0. The number of halogens is 2. The van der Waals surface area contributed by atoms with E-state index in [9.17, 15) is 5.11 Å². The summed E-state index contributed by atoms with van der Waals surface area (Å²) in [6, 6.07) is 13.3. The molecular weight excluding hydrogens is 372 g/mol. The summed E-state index contributed by atoms with van der Waals surface area (Å²) in [6.07, 6.45) is -0.649. The lowest BCUT2D eigenvalue weighted by molar-refractivity contribution is 0.220. The molecule has 0 bridgehead atoms. The molecule has 2 aromatic rings. The fourth-order valence-corrected chi connectivity index (χ4v) is 2.76. The molecule has 0 aliphatic rings. The van der Waals surface area contributed by atoms with Gasteiger partial charge < -0.3 is 9.84 Å². The molecule has 0 fully saturated rings. The normalized spacial score (nSPS) is 12.2. The third-order valence-electron chi connectivity index (χ3n) is 2.74. The van der Waals surface area contributed by atoms with Gasteiger partial charge in [0, 0.05) is 4.47 Å². The van der Waals surface area contributed by atoms with Gasteiger partial charge in [-0.05, 0) is 58.2 Å². The van der Waals surface area contributed by atoms with Gasteiger partial charge in [0.15, 0.2) is 0 Å². The molecule has 0 aromatic heterocycles. The second-order valence-corrected chi connectivity index (χ2v) is 5.85. The minimum Gasteiger partial charge on any atom is -0.493 e. The van der Waals surface area contributed by atoms with Gasteiger partial charge in [-0.15, -0.1) is 0 Å². The van der Waals surface area contributed by atoms with Gasteiger partial charge >= 0.3 is 0 Å². The number of hydrogen-bond donors (Lipinski definition) is 1. The number of rotatable bonds is 4. The van der Waals surface area contributed by atoms with Crippen LogP contribution in [-0.2, 0) is 0 Å². The van der Waals surface area contributed by atoms with E-state index >= 15 is 0 Å². The average Bonchev–Trinajstić information content (AvgIpc) is 2.40. The standard InChI is InChI=1S/C15H14Br2O2/c1-2-19-14-7-6-11(9-13(14)17)15(18)10-4-3-5-12(16)8-10/h3-9,15,18H,2H2,1H3. The number of aliphatic hydroxyl groups excluding tert-OH is 1. The number of aliphatic hydroxyl groups is 1. The first-order valence-electron chi connectivity index (χ1n) is 5.97. The third-order valence-corrected chi connectivity index (χ3v) is 3.85. The largest absolute Gasteiger partial charge is 0.493 e. The molecule has 19 heavy (non-hydrogen) atoms. The summed E-state index contributed by atoms with van der Waals surface area (Å²) in [5.74, 6) is 0.785. The number of ether oxygens (including phenoxy) is 1. The summed E-state index contributed by atoms with van der Waals surface area (Å²) in [6.45, 7) is 2.56. The molecule has 1 atom stereocenters. The highest BCUT2D eigenvalue weighted by atomic mass is 79.9. The van der Waals surface area contributed by atoms with Crippen LogP contribution in [0, 0.1) is 0 Å². The predicted molar refractivity (Wildman–Crippen MR) is 83.5 cm³/mol. The summed E-state index contributed by atoms with van der Waals surface area (Å²) < 4.78 is 7.26. The Bertz CT molecular complexity index is 570. The highest BCUT2D eigenvalue weighted by Crippen LogP contribution is 2.31. The van der Waals surface area contributed by atoms with Gasteiger partial charge in [0.05, 0.1) is 11.1 Å². The van der Waals surface area contributed by atoms with Gasteiger partial charge in [-0.2, -0.15) is 0 Å². The zero-order valence-electron chi connectivity index (χ0n) is 10.4.